The standard InChI is InChI=1S/C13H14ClNO/c14-12-3-1-2-4-13(12)15-9-5-6-10(15)8-11(16)7-9/h1-4,9-10H,5-8H2. The lowest BCUT2D eigenvalue weighted by Gasteiger charge is -2.36. The highest BCUT2D eigenvalue weighted by Crippen LogP contribution is 2.40. The van der Waals surface area contributed by atoms with Gasteiger partial charge in [-0.2, -0.15) is 0 Å². The number of carbonyl (C=O) groups is 1. The molecular formula is C13H14ClNO. The Morgan fingerprint density at radius 1 is 1.12 bits per heavy atom. The normalized spacial score (nSPS) is 28.6. The predicted molar refractivity (Wildman–Crippen MR) is 65.0 cm³/mol. The molecule has 2 saturated heterocycles. The Hall–Kier alpha value is -1.02. The number of nitrogens with zero attached hydrogens (tertiary/aromatic N) is 1. The molecule has 3 heteroatoms. The Morgan fingerprint density at radius 3 is 2.38 bits per heavy atom. The second-order valence-corrected chi connectivity index (χ2v) is 5.10. The number of Topliss-reactive ketones (excluding diaryl/α,β-unsaturated/α-hetero) is 1. The summed E-state index contributed by atoms with van der Waals surface area (Å²) in [4.78, 5) is 13.9. The van der Waals surface area contributed by atoms with Crippen molar-refractivity contribution in [3.05, 3.63) is 29.3 Å². The van der Waals surface area contributed by atoms with Crippen LogP contribution in [0.2, 0.25) is 5.02 Å². The third-order valence-electron chi connectivity index (χ3n) is 3.68. The molecule has 2 heterocycles. The molecule has 84 valence electrons. The summed E-state index contributed by atoms with van der Waals surface area (Å²) in [6, 6.07) is 8.70. The van der Waals surface area contributed by atoms with Gasteiger partial charge in [0, 0.05) is 24.9 Å². The number of hydrogen-bond acceptors (Lipinski definition) is 2. The number of rotatable bonds is 1. The molecule has 0 saturated carbocycles. The fourth-order valence-electron chi connectivity index (χ4n) is 3.03. The van der Waals surface area contributed by atoms with Crippen molar-refractivity contribution >= 4 is 23.1 Å². The summed E-state index contributed by atoms with van der Waals surface area (Å²) in [5.74, 6) is 0.413. The summed E-state index contributed by atoms with van der Waals surface area (Å²) < 4.78 is 0. The van der Waals surface area contributed by atoms with Crippen LogP contribution in [0.5, 0.6) is 0 Å². The van der Waals surface area contributed by atoms with Crippen molar-refractivity contribution in [1.82, 2.24) is 0 Å². The number of hydrogen-bond donors (Lipinski definition) is 0. The van der Waals surface area contributed by atoms with E-state index in [1.165, 1.54) is 0 Å². The zero-order valence-corrected chi connectivity index (χ0v) is 9.78. The van der Waals surface area contributed by atoms with E-state index in [0.29, 0.717) is 30.7 Å². The first kappa shape index (κ1) is 10.2. The van der Waals surface area contributed by atoms with Crippen LogP contribution in [0, 0.1) is 0 Å². The molecule has 1 aromatic rings. The van der Waals surface area contributed by atoms with Crippen LogP contribution in [-0.2, 0) is 4.79 Å². The number of piperidine rings is 1. The molecule has 1 aromatic carbocycles. The monoisotopic (exact) mass is 235 g/mol. The third kappa shape index (κ3) is 1.52. The summed E-state index contributed by atoms with van der Waals surface area (Å²) in [6.07, 6.45) is 3.65. The van der Waals surface area contributed by atoms with Crippen LogP contribution in [-0.4, -0.2) is 17.9 Å². The van der Waals surface area contributed by atoms with Crippen molar-refractivity contribution in [2.24, 2.45) is 0 Å². The zero-order valence-electron chi connectivity index (χ0n) is 9.03. The van der Waals surface area contributed by atoms with Crippen molar-refractivity contribution in [3.63, 3.8) is 0 Å². The predicted octanol–water partition coefficient (Wildman–Crippen LogP) is 3.04. The smallest absolute Gasteiger partial charge is 0.137 e. The first-order valence-corrected chi connectivity index (χ1v) is 6.18. The summed E-state index contributed by atoms with van der Waals surface area (Å²) in [5.41, 5.74) is 1.10. The highest BCUT2D eigenvalue weighted by Gasteiger charge is 2.40. The maximum Gasteiger partial charge on any atom is 0.137 e. The van der Waals surface area contributed by atoms with Crippen LogP contribution >= 0.6 is 11.6 Å². The van der Waals surface area contributed by atoms with Crippen LogP contribution < -0.4 is 4.90 Å². The van der Waals surface area contributed by atoms with E-state index >= 15 is 0 Å². The Kier molecular flexibility index (Phi) is 2.40. The minimum Gasteiger partial charge on any atom is -0.363 e. The first-order valence-electron chi connectivity index (χ1n) is 5.80. The molecule has 2 unspecified atom stereocenters. The molecule has 2 nitrogen and oxygen atoms in total. The van der Waals surface area contributed by atoms with E-state index < -0.39 is 0 Å². The van der Waals surface area contributed by atoms with Crippen molar-refractivity contribution in [3.8, 4) is 0 Å². The molecule has 0 aromatic heterocycles. The van der Waals surface area contributed by atoms with Crippen molar-refractivity contribution in [2.75, 3.05) is 4.90 Å². The van der Waals surface area contributed by atoms with Gasteiger partial charge in [-0.1, -0.05) is 23.7 Å². The molecular weight excluding hydrogens is 222 g/mol. The highest BCUT2D eigenvalue weighted by molar-refractivity contribution is 6.33. The summed E-state index contributed by atoms with van der Waals surface area (Å²) in [5, 5.41) is 0.800. The van der Waals surface area contributed by atoms with Crippen molar-refractivity contribution < 1.29 is 4.79 Å². The fraction of sp³-hybridized carbons (Fsp3) is 0.462. The van der Waals surface area contributed by atoms with E-state index in [9.17, 15) is 4.79 Å². The van der Waals surface area contributed by atoms with Crippen LogP contribution in [0.1, 0.15) is 25.7 Å². The number of halogens is 1. The highest BCUT2D eigenvalue weighted by atomic mass is 35.5. The number of benzene rings is 1. The van der Waals surface area contributed by atoms with E-state index in [0.717, 1.165) is 23.6 Å². The van der Waals surface area contributed by atoms with E-state index in [1.807, 2.05) is 18.2 Å². The minimum absolute atomic E-state index is 0.381. The van der Waals surface area contributed by atoms with Gasteiger partial charge in [-0.25, -0.2) is 0 Å². The van der Waals surface area contributed by atoms with E-state index in [2.05, 4.69) is 11.0 Å². The van der Waals surface area contributed by atoms with Crippen LogP contribution in [0.4, 0.5) is 5.69 Å². The molecule has 2 fully saturated rings. The summed E-state index contributed by atoms with van der Waals surface area (Å²) in [6.45, 7) is 0. The maximum atomic E-state index is 11.5. The lowest BCUT2D eigenvalue weighted by molar-refractivity contribution is -0.120. The van der Waals surface area contributed by atoms with Gasteiger partial charge in [0.05, 0.1) is 10.7 Å². The molecule has 2 aliphatic rings. The quantitative estimate of drug-likeness (QED) is 0.746. The Bertz CT molecular complexity index is 416. The average Bonchev–Trinajstić information content (AvgIpc) is 2.53. The topological polar surface area (TPSA) is 20.3 Å². The fourth-order valence-corrected chi connectivity index (χ4v) is 3.26. The minimum atomic E-state index is 0.381. The molecule has 0 radical (unpaired) electrons. The zero-order chi connectivity index (χ0) is 11.1. The van der Waals surface area contributed by atoms with Gasteiger partial charge < -0.3 is 4.90 Å². The van der Waals surface area contributed by atoms with Gasteiger partial charge in [-0.3, -0.25) is 4.79 Å². The van der Waals surface area contributed by atoms with Gasteiger partial charge in [0.2, 0.25) is 0 Å². The molecule has 3 rings (SSSR count). The second kappa shape index (κ2) is 3.77. The van der Waals surface area contributed by atoms with Gasteiger partial charge in [-0.05, 0) is 25.0 Å². The molecule has 2 aliphatic heterocycles. The van der Waals surface area contributed by atoms with E-state index in [4.69, 9.17) is 11.6 Å². The summed E-state index contributed by atoms with van der Waals surface area (Å²) in [7, 11) is 0. The number of fused-ring (bicyclic) bond motifs is 2. The van der Waals surface area contributed by atoms with Gasteiger partial charge in [0.15, 0.2) is 0 Å². The third-order valence-corrected chi connectivity index (χ3v) is 4.00. The molecule has 0 amide bonds. The molecule has 2 bridgehead atoms. The van der Waals surface area contributed by atoms with Crippen LogP contribution in [0.3, 0.4) is 0 Å². The van der Waals surface area contributed by atoms with Gasteiger partial charge >= 0.3 is 0 Å². The number of ketones is 1. The molecule has 0 aliphatic carbocycles. The summed E-state index contributed by atoms with van der Waals surface area (Å²) >= 11 is 6.23. The Balaban J connectivity index is 1.97. The van der Waals surface area contributed by atoms with Gasteiger partial charge in [0.25, 0.3) is 0 Å². The number of carbonyl (C=O) groups excluding carboxylic acids is 1. The van der Waals surface area contributed by atoms with Gasteiger partial charge in [-0.15, -0.1) is 0 Å². The van der Waals surface area contributed by atoms with Crippen LogP contribution in [0.15, 0.2) is 24.3 Å². The Morgan fingerprint density at radius 2 is 1.75 bits per heavy atom. The molecule has 2 atom stereocenters. The van der Waals surface area contributed by atoms with Crippen molar-refractivity contribution in [2.45, 2.75) is 37.8 Å². The lowest BCUT2D eigenvalue weighted by atomic mass is 10.0. The van der Waals surface area contributed by atoms with Crippen LogP contribution in [0.25, 0.3) is 0 Å². The number of anilines is 1. The Labute approximate surface area is 100 Å². The van der Waals surface area contributed by atoms with E-state index in [-0.39, 0.29) is 0 Å². The molecule has 0 N–H and O–H groups in total. The average molecular weight is 236 g/mol. The second-order valence-electron chi connectivity index (χ2n) is 4.69. The first-order chi connectivity index (χ1) is 7.75. The maximum absolute atomic E-state index is 11.5. The van der Waals surface area contributed by atoms with Crippen molar-refractivity contribution in [1.29, 1.82) is 0 Å². The largest absolute Gasteiger partial charge is 0.363 e. The molecule has 16 heavy (non-hydrogen) atoms. The van der Waals surface area contributed by atoms with Gasteiger partial charge in [0.1, 0.15) is 5.78 Å². The van der Waals surface area contributed by atoms with E-state index in [1.54, 1.807) is 0 Å². The number of para-hydroxylation sites is 1. The lowest BCUT2D eigenvalue weighted by Crippen LogP contribution is -2.43. The molecule has 0 spiro atoms. The SMILES string of the molecule is O=C1CC2CCC(C1)N2c1ccccc1Cl.